The van der Waals surface area contributed by atoms with Gasteiger partial charge in [-0.25, -0.2) is 9.59 Å². The molecule has 0 aromatic carbocycles. The van der Waals surface area contributed by atoms with Gasteiger partial charge in [0.25, 0.3) is 5.56 Å². The average Bonchev–Trinajstić information content (AvgIpc) is 3.06. The van der Waals surface area contributed by atoms with Gasteiger partial charge in [0.05, 0.1) is 5.56 Å². The van der Waals surface area contributed by atoms with Crippen LogP contribution in [-0.4, -0.2) is 27.9 Å². The molecule has 9 heteroatoms. The molecule has 1 atom stereocenters. The molecular weight excluding hydrogens is 382 g/mol. The van der Waals surface area contributed by atoms with Crippen LogP contribution in [0.1, 0.15) is 57.8 Å². The van der Waals surface area contributed by atoms with E-state index in [-0.39, 0.29) is 17.9 Å². The van der Waals surface area contributed by atoms with E-state index < -0.39 is 29.6 Å². The first kappa shape index (κ1) is 20.1. The molecule has 28 heavy (non-hydrogen) atoms. The van der Waals surface area contributed by atoms with Gasteiger partial charge in [-0.2, -0.15) is 0 Å². The molecule has 0 bridgehead atoms. The number of nitrogens with zero attached hydrogens (tertiary/aromatic N) is 1. The van der Waals surface area contributed by atoms with Crippen LogP contribution in [0.4, 0.5) is 5.82 Å². The minimum atomic E-state index is -0.877. The Morgan fingerprint density at radius 3 is 2.86 bits per heavy atom. The lowest BCUT2D eigenvalue weighted by Gasteiger charge is -2.18. The molecule has 1 aliphatic carbocycles. The third kappa shape index (κ3) is 3.80. The quantitative estimate of drug-likeness (QED) is 0.557. The lowest BCUT2D eigenvalue weighted by molar-refractivity contribution is 0.0473. The van der Waals surface area contributed by atoms with Gasteiger partial charge < -0.3 is 10.5 Å². The van der Waals surface area contributed by atoms with E-state index in [0.29, 0.717) is 17.9 Å². The zero-order valence-corrected chi connectivity index (χ0v) is 16.7. The number of thiophene rings is 1. The van der Waals surface area contributed by atoms with Crippen LogP contribution in [0.5, 0.6) is 0 Å². The van der Waals surface area contributed by atoms with E-state index in [1.165, 1.54) is 16.2 Å². The maximum atomic E-state index is 12.5. The molecule has 150 valence electrons. The number of fused-ring (bicyclic) bond motifs is 1. The third-order valence-electron chi connectivity index (χ3n) is 4.92. The molecule has 0 saturated heterocycles. The first-order valence-electron chi connectivity index (χ1n) is 9.25. The second-order valence-electron chi connectivity index (χ2n) is 7.07. The number of hydrogen-bond donors (Lipinski definition) is 2. The first-order valence-corrected chi connectivity index (χ1v) is 10.1. The van der Waals surface area contributed by atoms with Gasteiger partial charge in [-0.15, -0.1) is 11.3 Å². The van der Waals surface area contributed by atoms with E-state index in [1.54, 1.807) is 5.38 Å². The number of aromatic amines is 1. The van der Waals surface area contributed by atoms with E-state index in [9.17, 15) is 19.2 Å². The van der Waals surface area contributed by atoms with Gasteiger partial charge in [-0.1, -0.05) is 13.8 Å². The van der Waals surface area contributed by atoms with Crippen molar-refractivity contribution in [2.45, 2.75) is 46.1 Å². The number of ether oxygens (including phenoxy) is 1. The van der Waals surface area contributed by atoms with Crippen molar-refractivity contribution in [2.24, 2.45) is 5.92 Å². The fraction of sp³-hybridized carbons (Fsp3) is 0.474. The highest BCUT2D eigenvalue weighted by Crippen LogP contribution is 2.33. The van der Waals surface area contributed by atoms with Crippen LogP contribution in [0.15, 0.2) is 15.0 Å². The molecule has 1 aliphatic rings. The first-order chi connectivity index (χ1) is 13.3. The second kappa shape index (κ2) is 8.14. The zero-order chi connectivity index (χ0) is 20.4. The highest BCUT2D eigenvalue weighted by molar-refractivity contribution is 7.10. The summed E-state index contributed by atoms with van der Waals surface area (Å²) in [4.78, 5) is 52.1. The fourth-order valence-electron chi connectivity index (χ4n) is 3.43. The molecule has 0 radical (unpaired) electrons. The fourth-order valence-corrected chi connectivity index (χ4v) is 4.67. The summed E-state index contributed by atoms with van der Waals surface area (Å²) >= 11 is 1.53. The summed E-state index contributed by atoms with van der Waals surface area (Å²) in [6, 6.07) is 0. The number of carbonyl (C=O) groups excluding carboxylic acids is 2. The summed E-state index contributed by atoms with van der Waals surface area (Å²) < 4.78 is 6.29. The minimum absolute atomic E-state index is 0.210. The Labute approximate surface area is 165 Å². The van der Waals surface area contributed by atoms with Crippen molar-refractivity contribution in [3.8, 4) is 0 Å². The lowest BCUT2D eigenvalue weighted by Crippen LogP contribution is -2.37. The number of anilines is 1. The molecular formula is C19H23N3O5S. The minimum Gasteiger partial charge on any atom is -0.454 e. The van der Waals surface area contributed by atoms with Gasteiger partial charge in [0.2, 0.25) is 5.78 Å². The predicted molar refractivity (Wildman–Crippen MR) is 106 cm³/mol. The maximum Gasteiger partial charge on any atom is 0.339 e. The van der Waals surface area contributed by atoms with E-state index in [4.69, 9.17) is 10.5 Å². The van der Waals surface area contributed by atoms with E-state index in [2.05, 4.69) is 11.9 Å². The highest BCUT2D eigenvalue weighted by Gasteiger charge is 2.25. The second-order valence-corrected chi connectivity index (χ2v) is 8.03. The lowest BCUT2D eigenvalue weighted by atomic mass is 9.88. The molecule has 3 N–H and O–H groups in total. The molecule has 0 aliphatic heterocycles. The number of nitrogens with one attached hydrogen (secondary N) is 1. The monoisotopic (exact) mass is 405 g/mol. The van der Waals surface area contributed by atoms with E-state index >= 15 is 0 Å². The number of Topliss-reactive ketones (excluding diaryl/α,β-unsaturated/α-hetero) is 1. The molecule has 0 amide bonds. The molecule has 0 fully saturated rings. The predicted octanol–water partition coefficient (Wildman–Crippen LogP) is 1.75. The normalized spacial score (nSPS) is 15.9. The molecule has 2 heterocycles. The van der Waals surface area contributed by atoms with Crippen molar-refractivity contribution in [1.29, 1.82) is 0 Å². The number of aromatic nitrogens is 2. The van der Waals surface area contributed by atoms with Crippen LogP contribution in [0.3, 0.4) is 0 Å². The Morgan fingerprint density at radius 1 is 1.39 bits per heavy atom. The van der Waals surface area contributed by atoms with E-state index in [0.717, 1.165) is 29.4 Å². The number of rotatable bonds is 6. The summed E-state index contributed by atoms with van der Waals surface area (Å²) in [5.41, 5.74) is 5.43. The number of ketones is 1. The summed E-state index contributed by atoms with van der Waals surface area (Å²) in [6.07, 6.45) is 3.36. The highest BCUT2D eigenvalue weighted by atomic mass is 32.1. The number of carbonyl (C=O) groups is 2. The zero-order valence-electron chi connectivity index (χ0n) is 15.9. The number of nitrogens with two attached hydrogens (primary N) is 1. The SMILES string of the molecule is CCCn1c(N)c(C(=O)COC(=O)c2csc3c2CC[C@@H](C)C3)c(=O)[nH]c1=O. The third-order valence-corrected chi connectivity index (χ3v) is 5.97. The van der Waals surface area contributed by atoms with Crippen LogP contribution < -0.4 is 17.0 Å². The van der Waals surface area contributed by atoms with Crippen molar-refractivity contribution in [3.63, 3.8) is 0 Å². The van der Waals surface area contributed by atoms with Gasteiger partial charge in [0.15, 0.2) is 6.61 Å². The van der Waals surface area contributed by atoms with E-state index in [1.807, 2.05) is 6.92 Å². The van der Waals surface area contributed by atoms with Gasteiger partial charge >= 0.3 is 11.7 Å². The standard InChI is InChI=1S/C19H23N3O5S/c1-3-6-22-16(20)15(17(24)21-19(22)26)13(23)8-27-18(25)12-9-28-14-7-10(2)4-5-11(12)14/h9-10H,3-8,20H2,1-2H3,(H,21,24,26)/t10-/m1/s1. The van der Waals surface area contributed by atoms with Crippen LogP contribution in [0.2, 0.25) is 0 Å². The van der Waals surface area contributed by atoms with Crippen molar-refractivity contribution < 1.29 is 14.3 Å². The Kier molecular flexibility index (Phi) is 5.83. The molecule has 3 rings (SSSR count). The smallest absolute Gasteiger partial charge is 0.339 e. The summed E-state index contributed by atoms with van der Waals surface area (Å²) in [7, 11) is 0. The van der Waals surface area contributed by atoms with Gasteiger partial charge in [-0.05, 0) is 37.2 Å². The molecule has 2 aromatic heterocycles. The van der Waals surface area contributed by atoms with Gasteiger partial charge in [0, 0.05) is 16.8 Å². The summed E-state index contributed by atoms with van der Waals surface area (Å²) in [6.45, 7) is 3.67. The molecule has 0 spiro atoms. The van der Waals surface area contributed by atoms with Gasteiger partial charge in [-0.3, -0.25) is 19.1 Å². The Hall–Kier alpha value is -2.68. The van der Waals surface area contributed by atoms with Crippen LogP contribution in [0, 0.1) is 5.92 Å². The topological polar surface area (TPSA) is 124 Å². The van der Waals surface area contributed by atoms with Crippen molar-refractivity contribution in [3.05, 3.63) is 47.8 Å². The van der Waals surface area contributed by atoms with Crippen molar-refractivity contribution in [2.75, 3.05) is 12.3 Å². The molecule has 0 saturated carbocycles. The Bertz CT molecular complexity index is 1030. The number of esters is 1. The summed E-state index contributed by atoms with van der Waals surface area (Å²) in [5, 5.41) is 1.76. The Morgan fingerprint density at radius 2 is 2.14 bits per heavy atom. The number of nitrogen functional groups attached to an aromatic ring is 1. The summed E-state index contributed by atoms with van der Waals surface area (Å²) in [5.74, 6) is -0.949. The van der Waals surface area contributed by atoms with Crippen molar-refractivity contribution in [1.82, 2.24) is 9.55 Å². The number of H-pyrrole nitrogens is 1. The molecule has 0 unspecified atom stereocenters. The van der Waals surface area contributed by atoms with Crippen LogP contribution in [-0.2, 0) is 24.1 Å². The maximum absolute atomic E-state index is 12.5. The van der Waals surface area contributed by atoms with Gasteiger partial charge in [0.1, 0.15) is 11.4 Å². The molecule has 2 aromatic rings. The average molecular weight is 405 g/mol. The number of hydrogen-bond acceptors (Lipinski definition) is 7. The Balaban J connectivity index is 1.76. The van der Waals surface area contributed by atoms with Crippen molar-refractivity contribution >= 4 is 28.9 Å². The van der Waals surface area contributed by atoms with Crippen LogP contribution in [0.25, 0.3) is 0 Å². The largest absolute Gasteiger partial charge is 0.454 e. The molecule has 8 nitrogen and oxygen atoms in total. The van der Waals surface area contributed by atoms with Crippen LogP contribution >= 0.6 is 11.3 Å².